The Morgan fingerprint density at radius 2 is 2.07 bits per heavy atom. The molecule has 0 fully saturated rings. The zero-order valence-corrected chi connectivity index (χ0v) is 17.4. The summed E-state index contributed by atoms with van der Waals surface area (Å²) in [7, 11) is 0. The van der Waals surface area contributed by atoms with E-state index in [1.807, 2.05) is 45.0 Å². The number of carbonyl (C=O) groups excluding carboxylic acids is 1. The van der Waals surface area contributed by atoms with Crippen molar-refractivity contribution >= 4 is 34.8 Å². The van der Waals surface area contributed by atoms with Gasteiger partial charge in [0.15, 0.2) is 11.5 Å². The van der Waals surface area contributed by atoms with Crippen LogP contribution in [0, 0.1) is 13.8 Å². The lowest BCUT2D eigenvalue weighted by molar-refractivity contribution is -0.118. The molecule has 1 aromatic heterocycles. The van der Waals surface area contributed by atoms with Crippen LogP contribution < -0.4 is 10.2 Å². The van der Waals surface area contributed by atoms with Crippen LogP contribution in [-0.4, -0.2) is 34.6 Å². The zero-order valence-electron chi connectivity index (χ0n) is 16.6. The van der Waals surface area contributed by atoms with Crippen LogP contribution in [0.1, 0.15) is 23.7 Å². The molecule has 2 aromatic carbocycles. The molecule has 0 radical (unpaired) electrons. The minimum Gasteiger partial charge on any atom is -0.504 e. The number of nitrogens with zero attached hydrogens (tertiary/aromatic N) is 2. The van der Waals surface area contributed by atoms with E-state index >= 15 is 0 Å². The van der Waals surface area contributed by atoms with Crippen molar-refractivity contribution in [3.05, 3.63) is 59.3 Å². The number of nitrogens with one attached hydrogen (secondary N) is 1. The Balaban J connectivity index is 1.64. The number of hydrazone groups is 1. The Morgan fingerprint density at radius 3 is 2.86 bits per heavy atom. The van der Waals surface area contributed by atoms with Gasteiger partial charge in [0.05, 0.1) is 24.1 Å². The van der Waals surface area contributed by atoms with E-state index in [4.69, 9.17) is 4.74 Å². The van der Waals surface area contributed by atoms with E-state index in [0.717, 1.165) is 27.1 Å². The van der Waals surface area contributed by atoms with Gasteiger partial charge < -0.3 is 9.84 Å². The number of phenols is 1. The normalized spacial score (nSPS) is 11.1. The molecule has 29 heavy (non-hydrogen) atoms. The lowest BCUT2D eigenvalue weighted by Gasteiger charge is -2.09. The first-order valence-electron chi connectivity index (χ1n) is 9.26. The molecule has 0 unspecified atom stereocenters. The van der Waals surface area contributed by atoms with Crippen molar-refractivity contribution in [2.75, 3.05) is 12.4 Å². The molecule has 7 heteroatoms. The van der Waals surface area contributed by atoms with Crippen LogP contribution >= 0.6 is 11.8 Å². The second-order valence-corrected chi connectivity index (χ2v) is 7.46. The highest BCUT2D eigenvalue weighted by Crippen LogP contribution is 2.30. The number of amides is 1. The molecular formula is C22H23N3O3S. The first-order chi connectivity index (χ1) is 14.0. The van der Waals surface area contributed by atoms with Gasteiger partial charge in [0.1, 0.15) is 0 Å². The second-order valence-electron chi connectivity index (χ2n) is 6.44. The van der Waals surface area contributed by atoms with E-state index in [1.165, 1.54) is 18.0 Å². The monoisotopic (exact) mass is 409 g/mol. The van der Waals surface area contributed by atoms with Gasteiger partial charge in [0.25, 0.3) is 0 Å². The summed E-state index contributed by atoms with van der Waals surface area (Å²) in [6, 6.07) is 13.1. The Bertz CT molecular complexity index is 1070. The number of aromatic nitrogens is 1. The lowest BCUT2D eigenvalue weighted by atomic mass is 10.1. The fourth-order valence-corrected chi connectivity index (χ4v) is 3.79. The number of hydrogen-bond donors (Lipinski definition) is 2. The molecule has 6 nitrogen and oxygen atoms in total. The maximum absolute atomic E-state index is 12.2. The minimum absolute atomic E-state index is 0.00387. The van der Waals surface area contributed by atoms with Gasteiger partial charge in [0, 0.05) is 21.5 Å². The van der Waals surface area contributed by atoms with Crippen molar-refractivity contribution in [1.29, 1.82) is 0 Å². The highest BCUT2D eigenvalue weighted by molar-refractivity contribution is 8.00. The van der Waals surface area contributed by atoms with Crippen LogP contribution in [0.4, 0.5) is 0 Å². The summed E-state index contributed by atoms with van der Waals surface area (Å²) in [5.74, 6) is 0.362. The van der Waals surface area contributed by atoms with E-state index < -0.39 is 0 Å². The van der Waals surface area contributed by atoms with E-state index in [1.54, 1.807) is 18.2 Å². The van der Waals surface area contributed by atoms with Gasteiger partial charge in [-0.2, -0.15) is 5.10 Å². The van der Waals surface area contributed by atoms with Gasteiger partial charge in [-0.05, 0) is 44.5 Å². The third kappa shape index (κ3) is 5.06. The SMILES string of the molecule is CCOc1cccc(/C=N\NC(=O)CSc2cc(C)nc3c(C)cccc23)c1O. The van der Waals surface area contributed by atoms with Crippen molar-refractivity contribution < 1.29 is 14.6 Å². The first-order valence-corrected chi connectivity index (χ1v) is 10.2. The summed E-state index contributed by atoms with van der Waals surface area (Å²) in [4.78, 5) is 17.8. The number of hydrogen-bond acceptors (Lipinski definition) is 6. The fraction of sp³-hybridized carbons (Fsp3) is 0.227. The number of thioether (sulfide) groups is 1. The van der Waals surface area contributed by atoms with E-state index in [-0.39, 0.29) is 17.4 Å². The predicted octanol–water partition coefficient (Wildman–Crippen LogP) is 4.20. The minimum atomic E-state index is -0.234. The molecule has 3 rings (SSSR count). The number of phenolic OH excluding ortho intramolecular Hbond substituents is 1. The molecule has 1 amide bonds. The third-order valence-electron chi connectivity index (χ3n) is 4.21. The largest absolute Gasteiger partial charge is 0.504 e. The number of rotatable bonds is 7. The topological polar surface area (TPSA) is 83.8 Å². The molecule has 3 aromatic rings. The van der Waals surface area contributed by atoms with Crippen LogP contribution in [0.15, 0.2) is 52.5 Å². The summed E-state index contributed by atoms with van der Waals surface area (Å²) < 4.78 is 5.34. The molecular weight excluding hydrogens is 386 g/mol. The Morgan fingerprint density at radius 1 is 1.28 bits per heavy atom. The summed E-state index contributed by atoms with van der Waals surface area (Å²) in [6.07, 6.45) is 1.40. The molecule has 150 valence electrons. The van der Waals surface area contributed by atoms with Crippen molar-refractivity contribution in [2.45, 2.75) is 25.7 Å². The van der Waals surface area contributed by atoms with E-state index in [2.05, 4.69) is 15.5 Å². The number of carbonyl (C=O) groups is 1. The molecule has 0 saturated heterocycles. The van der Waals surface area contributed by atoms with Crippen LogP contribution in [0.2, 0.25) is 0 Å². The average molecular weight is 410 g/mol. The van der Waals surface area contributed by atoms with Crippen molar-refractivity contribution in [2.24, 2.45) is 5.10 Å². The quantitative estimate of drug-likeness (QED) is 0.347. The van der Waals surface area contributed by atoms with Crippen LogP contribution in [-0.2, 0) is 4.79 Å². The summed E-state index contributed by atoms with van der Waals surface area (Å²) in [5.41, 5.74) is 5.94. The van der Waals surface area contributed by atoms with Crippen LogP contribution in [0.25, 0.3) is 10.9 Å². The Labute approximate surface area is 174 Å². The summed E-state index contributed by atoms with van der Waals surface area (Å²) >= 11 is 1.44. The number of benzene rings is 2. The first kappa shape index (κ1) is 20.7. The summed E-state index contributed by atoms with van der Waals surface area (Å²) in [6.45, 7) is 6.27. The Hall–Kier alpha value is -3.06. The predicted molar refractivity (Wildman–Crippen MR) is 117 cm³/mol. The van der Waals surface area contributed by atoms with Gasteiger partial charge >= 0.3 is 0 Å². The molecule has 0 aliphatic heterocycles. The smallest absolute Gasteiger partial charge is 0.250 e. The van der Waals surface area contributed by atoms with Crippen molar-refractivity contribution in [1.82, 2.24) is 10.4 Å². The summed E-state index contributed by atoms with van der Waals surface area (Å²) in [5, 5.41) is 15.1. The van der Waals surface area contributed by atoms with Gasteiger partial charge in [-0.1, -0.05) is 24.3 Å². The van der Waals surface area contributed by atoms with Crippen molar-refractivity contribution in [3.8, 4) is 11.5 Å². The zero-order chi connectivity index (χ0) is 20.8. The molecule has 0 aliphatic rings. The van der Waals surface area contributed by atoms with Crippen molar-refractivity contribution in [3.63, 3.8) is 0 Å². The number of pyridine rings is 1. The molecule has 1 heterocycles. The maximum Gasteiger partial charge on any atom is 0.250 e. The highest BCUT2D eigenvalue weighted by atomic mass is 32.2. The number of fused-ring (bicyclic) bond motifs is 1. The second kappa shape index (κ2) is 9.43. The van der Waals surface area contributed by atoms with Gasteiger partial charge in [-0.3, -0.25) is 9.78 Å². The van der Waals surface area contributed by atoms with Gasteiger partial charge in [-0.15, -0.1) is 11.8 Å². The number of aromatic hydroxyl groups is 1. The molecule has 0 atom stereocenters. The number of aryl methyl sites for hydroxylation is 2. The average Bonchev–Trinajstić information content (AvgIpc) is 2.70. The number of ether oxygens (including phenoxy) is 1. The Kier molecular flexibility index (Phi) is 6.72. The van der Waals surface area contributed by atoms with Gasteiger partial charge in [-0.25, -0.2) is 5.43 Å². The number of para-hydroxylation sites is 2. The highest BCUT2D eigenvalue weighted by Gasteiger charge is 2.09. The molecule has 0 aliphatic carbocycles. The van der Waals surface area contributed by atoms with Crippen LogP contribution in [0.5, 0.6) is 11.5 Å². The maximum atomic E-state index is 12.2. The third-order valence-corrected chi connectivity index (χ3v) is 5.27. The molecule has 0 bridgehead atoms. The molecule has 0 spiro atoms. The lowest BCUT2D eigenvalue weighted by Crippen LogP contribution is -2.19. The van der Waals surface area contributed by atoms with Gasteiger partial charge in [0.2, 0.25) is 5.91 Å². The van der Waals surface area contributed by atoms with E-state index in [0.29, 0.717) is 17.9 Å². The van der Waals surface area contributed by atoms with Crippen LogP contribution in [0.3, 0.4) is 0 Å². The van der Waals surface area contributed by atoms with E-state index in [9.17, 15) is 9.90 Å². The standard InChI is InChI=1S/C22H23N3O3S/c1-4-28-18-10-6-8-16(22(18)27)12-23-25-20(26)13-29-19-11-15(3)24-21-14(2)7-5-9-17(19)21/h5-12,27H,4,13H2,1-3H3,(H,25,26)/b23-12-. The fourth-order valence-electron chi connectivity index (χ4n) is 2.87. The molecule has 0 saturated carbocycles. The molecule has 2 N–H and O–H groups in total.